The molecule has 0 saturated carbocycles. The molecule has 0 aliphatic carbocycles. The Bertz CT molecular complexity index is 627. The summed E-state index contributed by atoms with van der Waals surface area (Å²) >= 11 is 0. The number of carbonyl (C=O) groups is 2. The zero-order valence-electron chi connectivity index (χ0n) is 11.7. The second kappa shape index (κ2) is 8.55. The maximum absolute atomic E-state index is 11.8. The molecule has 0 saturated heterocycles. The number of esters is 2. The molecule has 0 bridgehead atoms. The molecule has 118 valence electrons. The molecule has 1 rings (SSSR count). The predicted molar refractivity (Wildman–Crippen MR) is 78.2 cm³/mol. The van der Waals surface area contributed by atoms with E-state index < -0.39 is 34.4 Å². The molecule has 0 atom stereocenters. The van der Waals surface area contributed by atoms with E-state index in [-0.39, 0.29) is 19.3 Å². The molecule has 1 aromatic carbocycles. The van der Waals surface area contributed by atoms with Crippen LogP contribution in [-0.2, 0) is 30.7 Å². The summed E-state index contributed by atoms with van der Waals surface area (Å²) in [6.07, 6.45) is -0.0367. The highest BCUT2D eigenvalue weighted by atomic mass is 32.2. The molecule has 2 radical (unpaired) electrons. The van der Waals surface area contributed by atoms with E-state index in [1.165, 1.54) is 0 Å². The molecule has 1 N–H and O–H groups in total. The van der Waals surface area contributed by atoms with Gasteiger partial charge < -0.3 is 9.47 Å². The number of carbonyl (C=O) groups excluding carboxylic acids is 2. The third-order valence-electron chi connectivity index (χ3n) is 2.60. The summed E-state index contributed by atoms with van der Waals surface area (Å²) in [5.41, 5.74) is 0.952. The van der Waals surface area contributed by atoms with E-state index in [2.05, 4.69) is 4.74 Å². The molecule has 0 spiro atoms. The molecule has 7 nitrogen and oxygen atoms in total. The van der Waals surface area contributed by atoms with Crippen LogP contribution in [0.4, 0.5) is 0 Å². The number of benzene rings is 1. The third-order valence-corrected chi connectivity index (χ3v) is 3.28. The molecule has 0 unspecified atom stereocenters. The van der Waals surface area contributed by atoms with Crippen LogP contribution in [0.25, 0.3) is 0 Å². The van der Waals surface area contributed by atoms with Crippen molar-refractivity contribution in [1.29, 1.82) is 0 Å². The van der Waals surface area contributed by atoms with Crippen LogP contribution in [0.2, 0.25) is 0 Å². The fraction of sp³-hybridized carbons (Fsp3) is 0.385. The second-order valence-electron chi connectivity index (χ2n) is 4.25. The molecule has 0 aliphatic heterocycles. The highest BCUT2D eigenvalue weighted by Gasteiger charge is 2.13. The SMILES string of the molecule is [B]Cc1ccccc1C(=O)OCCC(=O)OCCS(=O)(=O)O. The van der Waals surface area contributed by atoms with E-state index in [9.17, 15) is 18.0 Å². The van der Waals surface area contributed by atoms with Crippen LogP contribution in [0.1, 0.15) is 22.3 Å². The fourth-order valence-electron chi connectivity index (χ4n) is 1.54. The van der Waals surface area contributed by atoms with Gasteiger partial charge in [0.25, 0.3) is 10.1 Å². The summed E-state index contributed by atoms with van der Waals surface area (Å²) in [6, 6.07) is 6.67. The number of ether oxygens (including phenoxy) is 2. The zero-order chi connectivity index (χ0) is 16.6. The van der Waals surface area contributed by atoms with Crippen molar-refractivity contribution in [2.45, 2.75) is 12.7 Å². The number of hydrogen-bond acceptors (Lipinski definition) is 6. The Hall–Kier alpha value is -1.87. The van der Waals surface area contributed by atoms with Gasteiger partial charge in [0.1, 0.15) is 19.0 Å². The van der Waals surface area contributed by atoms with Crippen LogP contribution in [0.15, 0.2) is 24.3 Å². The first-order chi connectivity index (χ1) is 10.3. The molecule has 22 heavy (non-hydrogen) atoms. The van der Waals surface area contributed by atoms with Crippen LogP contribution < -0.4 is 0 Å². The lowest BCUT2D eigenvalue weighted by Crippen LogP contribution is -2.17. The number of hydrogen-bond donors (Lipinski definition) is 1. The van der Waals surface area contributed by atoms with Crippen molar-refractivity contribution in [2.24, 2.45) is 0 Å². The summed E-state index contributed by atoms with van der Waals surface area (Å²) in [4.78, 5) is 23.1. The van der Waals surface area contributed by atoms with Crippen molar-refractivity contribution >= 4 is 29.9 Å². The summed E-state index contributed by atoms with van der Waals surface area (Å²) in [7, 11) is 1.33. The minimum atomic E-state index is -4.17. The third kappa shape index (κ3) is 6.73. The first kappa shape index (κ1) is 18.2. The quantitative estimate of drug-likeness (QED) is 0.417. The minimum Gasteiger partial charge on any atom is -0.464 e. The van der Waals surface area contributed by atoms with Gasteiger partial charge in [0, 0.05) is 0 Å². The zero-order valence-corrected chi connectivity index (χ0v) is 12.5. The van der Waals surface area contributed by atoms with Crippen LogP contribution in [0, 0.1) is 0 Å². The maximum Gasteiger partial charge on any atom is 0.338 e. The summed E-state index contributed by atoms with van der Waals surface area (Å²) in [6.45, 7) is -0.663. The number of rotatable bonds is 8. The Morgan fingerprint density at radius 2 is 1.82 bits per heavy atom. The summed E-state index contributed by atoms with van der Waals surface area (Å²) in [5, 5.41) is 0. The largest absolute Gasteiger partial charge is 0.464 e. The van der Waals surface area contributed by atoms with Crippen molar-refractivity contribution < 1.29 is 32.0 Å². The average molecular weight is 326 g/mol. The van der Waals surface area contributed by atoms with Gasteiger partial charge in [-0.2, -0.15) is 8.42 Å². The summed E-state index contributed by atoms with van der Waals surface area (Å²) in [5.74, 6) is -2.02. The van der Waals surface area contributed by atoms with E-state index in [0.29, 0.717) is 11.1 Å². The molecule has 0 heterocycles. The van der Waals surface area contributed by atoms with Crippen LogP contribution >= 0.6 is 0 Å². The van der Waals surface area contributed by atoms with E-state index in [0.717, 1.165) is 0 Å². The molecule has 1 aromatic rings. The predicted octanol–water partition coefficient (Wildman–Crippen LogP) is 0.333. The maximum atomic E-state index is 11.8. The molecular weight excluding hydrogens is 311 g/mol. The Kier molecular flexibility index (Phi) is 7.06. The lowest BCUT2D eigenvalue weighted by atomic mass is 9.93. The van der Waals surface area contributed by atoms with Gasteiger partial charge in [0.05, 0.1) is 19.8 Å². The van der Waals surface area contributed by atoms with Crippen molar-refractivity contribution in [3.8, 4) is 0 Å². The van der Waals surface area contributed by atoms with Crippen LogP contribution in [-0.4, -0.2) is 51.7 Å². The van der Waals surface area contributed by atoms with E-state index in [1.54, 1.807) is 24.3 Å². The molecule has 0 amide bonds. The lowest BCUT2D eigenvalue weighted by molar-refractivity contribution is -0.143. The van der Waals surface area contributed by atoms with Gasteiger partial charge in [-0.1, -0.05) is 24.5 Å². The molecule has 0 fully saturated rings. The normalized spacial score (nSPS) is 11.0. The van der Waals surface area contributed by atoms with E-state index in [4.69, 9.17) is 17.1 Å². The second-order valence-corrected chi connectivity index (χ2v) is 5.83. The first-order valence-electron chi connectivity index (χ1n) is 6.39. The standard InChI is InChI=1S/C13H15BO7S/c14-9-10-3-1-2-4-11(10)13(16)21-6-5-12(15)20-7-8-22(17,18)19/h1-4H,5-9H2,(H,17,18,19). The van der Waals surface area contributed by atoms with Crippen LogP contribution in [0.3, 0.4) is 0 Å². The van der Waals surface area contributed by atoms with E-state index in [1.807, 2.05) is 0 Å². The summed E-state index contributed by atoms with van der Waals surface area (Å²) < 4.78 is 38.8. The monoisotopic (exact) mass is 326 g/mol. The Labute approximate surface area is 129 Å². The minimum absolute atomic E-state index is 0.183. The van der Waals surface area contributed by atoms with E-state index >= 15 is 0 Å². The molecular formula is C13H15BO7S. The smallest absolute Gasteiger partial charge is 0.338 e. The molecule has 0 aromatic heterocycles. The highest BCUT2D eigenvalue weighted by molar-refractivity contribution is 7.85. The van der Waals surface area contributed by atoms with Crippen molar-refractivity contribution in [3.05, 3.63) is 35.4 Å². The average Bonchev–Trinajstić information content (AvgIpc) is 2.45. The Balaban J connectivity index is 2.34. The van der Waals surface area contributed by atoms with Gasteiger partial charge in [-0.05, 0) is 11.6 Å². The van der Waals surface area contributed by atoms with Gasteiger partial charge in [-0.3, -0.25) is 9.35 Å². The van der Waals surface area contributed by atoms with Crippen molar-refractivity contribution in [2.75, 3.05) is 19.0 Å². The Morgan fingerprint density at radius 1 is 1.14 bits per heavy atom. The first-order valence-corrected chi connectivity index (χ1v) is 8.00. The van der Waals surface area contributed by atoms with Crippen molar-refractivity contribution in [3.63, 3.8) is 0 Å². The van der Waals surface area contributed by atoms with Gasteiger partial charge in [0.15, 0.2) is 0 Å². The van der Waals surface area contributed by atoms with Gasteiger partial charge >= 0.3 is 11.9 Å². The lowest BCUT2D eigenvalue weighted by Gasteiger charge is -2.08. The fourth-order valence-corrected chi connectivity index (χ4v) is 1.83. The van der Waals surface area contributed by atoms with Gasteiger partial charge in [0.2, 0.25) is 0 Å². The van der Waals surface area contributed by atoms with Gasteiger partial charge in [-0.15, -0.1) is 0 Å². The Morgan fingerprint density at radius 3 is 2.45 bits per heavy atom. The molecule has 9 heteroatoms. The van der Waals surface area contributed by atoms with Crippen LogP contribution in [0.5, 0.6) is 0 Å². The van der Waals surface area contributed by atoms with Crippen molar-refractivity contribution in [1.82, 2.24) is 0 Å². The van der Waals surface area contributed by atoms with Gasteiger partial charge in [-0.25, -0.2) is 4.79 Å². The topological polar surface area (TPSA) is 107 Å². The highest BCUT2D eigenvalue weighted by Crippen LogP contribution is 2.10. The molecule has 0 aliphatic rings.